The summed E-state index contributed by atoms with van der Waals surface area (Å²) in [6, 6.07) is 7.67. The molecular formula is C19H19Br2N3O2S. The van der Waals surface area contributed by atoms with E-state index < -0.39 is 0 Å². The number of hydrogen-bond donors (Lipinski definition) is 3. The smallest absolute Gasteiger partial charge is 0.201 e. The molecule has 0 amide bonds. The van der Waals surface area contributed by atoms with Gasteiger partial charge in [-0.1, -0.05) is 15.9 Å². The normalized spacial score (nSPS) is 18.5. The van der Waals surface area contributed by atoms with Crippen molar-refractivity contribution in [3.63, 3.8) is 0 Å². The highest BCUT2D eigenvalue weighted by Gasteiger charge is 2.37. The molecule has 0 unspecified atom stereocenters. The Hall–Kier alpha value is -1.35. The largest absolute Gasteiger partial charge is 0.490 e. The molecule has 3 heterocycles. The first-order valence-electron chi connectivity index (χ1n) is 8.68. The fourth-order valence-electron chi connectivity index (χ4n) is 3.30. The zero-order valence-corrected chi connectivity index (χ0v) is 18.7. The molecule has 8 heteroatoms. The first kappa shape index (κ1) is 19.0. The molecule has 5 nitrogen and oxygen atoms in total. The van der Waals surface area contributed by atoms with Crippen molar-refractivity contribution in [2.45, 2.75) is 18.9 Å². The number of halogens is 2. The van der Waals surface area contributed by atoms with Crippen molar-refractivity contribution in [2.24, 2.45) is 0 Å². The van der Waals surface area contributed by atoms with E-state index in [0.29, 0.717) is 6.61 Å². The Morgan fingerprint density at radius 2 is 2.15 bits per heavy atom. The van der Waals surface area contributed by atoms with Gasteiger partial charge < -0.3 is 20.4 Å². The standard InChI is InChI=1S/C19H19Br2N3O2S/c1-19(10-26-17-12(19)7-11(20)8-13(17)21)23-5-2-4-22-16-9-15(25)18-14(24-16)3-6-27-18/h3,6-9,23H,2,4-5,10H2,1H3,(H2,22,24,25)/t19-/m1/s1. The number of fused-ring (bicyclic) bond motifs is 2. The van der Waals surface area contributed by atoms with Crippen LogP contribution in [0.5, 0.6) is 5.75 Å². The number of benzene rings is 1. The van der Waals surface area contributed by atoms with Crippen LogP contribution in [0.3, 0.4) is 0 Å². The zero-order chi connectivity index (χ0) is 19.0. The fraction of sp³-hybridized carbons (Fsp3) is 0.316. The number of thiophene rings is 1. The first-order chi connectivity index (χ1) is 13.0. The molecule has 2 aromatic heterocycles. The number of aromatic nitrogens is 1. The molecule has 0 radical (unpaired) electrons. The summed E-state index contributed by atoms with van der Waals surface area (Å²) >= 11 is 8.59. The Balaban J connectivity index is 1.34. The van der Waals surface area contributed by atoms with Crippen molar-refractivity contribution in [3.05, 3.63) is 54.4 Å². The van der Waals surface area contributed by atoms with Gasteiger partial charge in [-0.3, -0.25) is 4.79 Å². The molecule has 0 bridgehead atoms. The zero-order valence-electron chi connectivity index (χ0n) is 14.7. The van der Waals surface area contributed by atoms with Crippen molar-refractivity contribution in [1.29, 1.82) is 0 Å². The Kier molecular flexibility index (Phi) is 5.33. The van der Waals surface area contributed by atoms with Crippen LogP contribution in [0, 0.1) is 0 Å². The van der Waals surface area contributed by atoms with Gasteiger partial charge in [0.25, 0.3) is 0 Å². The molecule has 3 aromatic rings. The summed E-state index contributed by atoms with van der Waals surface area (Å²) in [5.41, 5.74) is 1.88. The lowest BCUT2D eigenvalue weighted by Gasteiger charge is -2.25. The lowest BCUT2D eigenvalue weighted by Crippen LogP contribution is -2.41. The van der Waals surface area contributed by atoms with Crippen LogP contribution >= 0.6 is 43.2 Å². The van der Waals surface area contributed by atoms with Gasteiger partial charge in [0.05, 0.1) is 20.2 Å². The molecule has 0 aliphatic carbocycles. The number of ether oxygens (including phenoxy) is 1. The highest BCUT2D eigenvalue weighted by Crippen LogP contribution is 2.43. The predicted octanol–water partition coefficient (Wildman–Crippen LogP) is 4.81. The van der Waals surface area contributed by atoms with E-state index in [1.165, 1.54) is 11.3 Å². The maximum absolute atomic E-state index is 12.1. The van der Waals surface area contributed by atoms with Gasteiger partial charge in [-0.15, -0.1) is 11.3 Å². The maximum atomic E-state index is 12.1. The summed E-state index contributed by atoms with van der Waals surface area (Å²) in [5.74, 6) is 1.67. The third-order valence-electron chi connectivity index (χ3n) is 4.73. The average Bonchev–Trinajstić information content (AvgIpc) is 3.21. The quantitative estimate of drug-likeness (QED) is 0.414. The van der Waals surface area contributed by atoms with Gasteiger partial charge in [0.2, 0.25) is 5.43 Å². The van der Waals surface area contributed by atoms with Crippen molar-refractivity contribution in [2.75, 3.05) is 25.0 Å². The third kappa shape index (κ3) is 3.81. The molecule has 3 N–H and O–H groups in total. The number of anilines is 1. The molecule has 0 saturated carbocycles. The monoisotopic (exact) mass is 511 g/mol. The van der Waals surface area contributed by atoms with E-state index in [9.17, 15) is 4.79 Å². The summed E-state index contributed by atoms with van der Waals surface area (Å²) in [6.07, 6.45) is 0.920. The Bertz CT molecular complexity index is 1050. The van der Waals surface area contributed by atoms with Crippen LogP contribution in [-0.4, -0.2) is 24.7 Å². The molecule has 0 fully saturated rings. The summed E-state index contributed by atoms with van der Waals surface area (Å²) in [5, 5.41) is 8.85. The van der Waals surface area contributed by atoms with E-state index in [1.807, 2.05) is 17.5 Å². The Morgan fingerprint density at radius 3 is 3.00 bits per heavy atom. The maximum Gasteiger partial charge on any atom is 0.201 e. The van der Waals surface area contributed by atoms with Crippen molar-refractivity contribution in [1.82, 2.24) is 10.3 Å². The second kappa shape index (κ2) is 7.58. The minimum Gasteiger partial charge on any atom is -0.490 e. The van der Waals surface area contributed by atoms with Crippen LogP contribution in [-0.2, 0) is 5.54 Å². The molecule has 0 spiro atoms. The first-order valence-corrected chi connectivity index (χ1v) is 11.1. The molecule has 27 heavy (non-hydrogen) atoms. The van der Waals surface area contributed by atoms with Crippen LogP contribution in [0.2, 0.25) is 0 Å². The van der Waals surface area contributed by atoms with Gasteiger partial charge in [0.15, 0.2) is 0 Å². The molecule has 1 atom stereocenters. The van der Waals surface area contributed by atoms with Gasteiger partial charge in [-0.25, -0.2) is 0 Å². The summed E-state index contributed by atoms with van der Waals surface area (Å²) in [7, 11) is 0. The number of rotatable bonds is 6. The highest BCUT2D eigenvalue weighted by atomic mass is 79.9. The van der Waals surface area contributed by atoms with Crippen molar-refractivity contribution < 1.29 is 4.74 Å². The van der Waals surface area contributed by atoms with Gasteiger partial charge in [-0.05, 0) is 59.4 Å². The predicted molar refractivity (Wildman–Crippen MR) is 118 cm³/mol. The van der Waals surface area contributed by atoms with Gasteiger partial charge in [0, 0.05) is 22.6 Å². The second-order valence-corrected chi connectivity index (χ2v) is 9.49. The van der Waals surface area contributed by atoms with Crippen LogP contribution in [0.4, 0.5) is 5.82 Å². The lowest BCUT2D eigenvalue weighted by atomic mass is 9.94. The van der Waals surface area contributed by atoms with E-state index in [2.05, 4.69) is 60.5 Å². The molecule has 142 valence electrons. The summed E-state index contributed by atoms with van der Waals surface area (Å²) < 4.78 is 8.65. The highest BCUT2D eigenvalue weighted by molar-refractivity contribution is 9.11. The van der Waals surface area contributed by atoms with Crippen LogP contribution in [0.1, 0.15) is 18.9 Å². The number of aromatic amines is 1. The van der Waals surface area contributed by atoms with Gasteiger partial charge in [-0.2, -0.15) is 0 Å². The molecule has 1 aliphatic rings. The van der Waals surface area contributed by atoms with Crippen LogP contribution in [0.25, 0.3) is 10.2 Å². The van der Waals surface area contributed by atoms with Crippen molar-refractivity contribution >= 4 is 59.2 Å². The van der Waals surface area contributed by atoms with E-state index in [-0.39, 0.29) is 11.0 Å². The second-order valence-electron chi connectivity index (χ2n) is 6.80. The van der Waals surface area contributed by atoms with E-state index in [0.717, 1.165) is 55.8 Å². The topological polar surface area (TPSA) is 66.1 Å². The van der Waals surface area contributed by atoms with Crippen LogP contribution < -0.4 is 20.8 Å². The summed E-state index contributed by atoms with van der Waals surface area (Å²) in [4.78, 5) is 15.3. The minimum absolute atomic E-state index is 0.0581. The summed E-state index contributed by atoms with van der Waals surface area (Å²) in [6.45, 7) is 4.37. The Labute approximate surface area is 177 Å². The number of pyridine rings is 1. The molecule has 1 aromatic carbocycles. The van der Waals surface area contributed by atoms with E-state index >= 15 is 0 Å². The minimum atomic E-state index is -0.217. The third-order valence-corrected chi connectivity index (χ3v) is 6.70. The number of nitrogens with one attached hydrogen (secondary N) is 3. The van der Waals surface area contributed by atoms with E-state index in [1.54, 1.807) is 6.07 Å². The van der Waals surface area contributed by atoms with Crippen molar-refractivity contribution in [3.8, 4) is 5.75 Å². The average molecular weight is 513 g/mol. The molecule has 1 aliphatic heterocycles. The number of hydrogen-bond acceptors (Lipinski definition) is 5. The Morgan fingerprint density at radius 1 is 1.30 bits per heavy atom. The van der Waals surface area contributed by atoms with Gasteiger partial charge in [0.1, 0.15) is 18.2 Å². The van der Waals surface area contributed by atoms with E-state index in [4.69, 9.17) is 4.74 Å². The molecule has 4 rings (SSSR count). The SMILES string of the molecule is C[C@@]1(NCCCNc2cc(=O)c3sccc3[nH]2)COc2c(Br)cc(Br)cc21. The molecule has 0 saturated heterocycles. The number of H-pyrrole nitrogens is 1. The lowest BCUT2D eigenvalue weighted by molar-refractivity contribution is 0.243. The van der Waals surface area contributed by atoms with Crippen LogP contribution in [0.15, 0.2) is 43.4 Å². The van der Waals surface area contributed by atoms with Gasteiger partial charge >= 0.3 is 0 Å². The molecular weight excluding hydrogens is 494 g/mol. The fourth-order valence-corrected chi connectivity index (χ4v) is 5.41.